The molecule has 0 spiro atoms. The van der Waals surface area contributed by atoms with Crippen molar-refractivity contribution in [3.05, 3.63) is 28.2 Å². The van der Waals surface area contributed by atoms with Crippen LogP contribution in [0.5, 0.6) is 5.75 Å². The Bertz CT molecular complexity index is 600. The van der Waals surface area contributed by atoms with Crippen molar-refractivity contribution in [3.8, 4) is 5.75 Å². The maximum atomic E-state index is 12.5. The summed E-state index contributed by atoms with van der Waals surface area (Å²) in [5.41, 5.74) is 0. The molecular formula is C17H21Cl2NO4. The summed E-state index contributed by atoms with van der Waals surface area (Å²) in [4.78, 5) is 25.9. The average molecular weight is 374 g/mol. The standard InChI is InChI=1S/C17H21Cl2NO4/c1-3-23-17(22)12-6-8-20(9-7-12)16(21)11(2)24-15-5-4-13(18)10-14(15)19/h4-5,10-12H,3,6-9H2,1-2H3/t11-/m0/s1. The Kier molecular flexibility index (Phi) is 6.75. The minimum Gasteiger partial charge on any atom is -0.479 e. The zero-order valence-electron chi connectivity index (χ0n) is 13.8. The molecular weight excluding hydrogens is 353 g/mol. The summed E-state index contributed by atoms with van der Waals surface area (Å²) < 4.78 is 10.7. The molecule has 1 atom stereocenters. The van der Waals surface area contributed by atoms with Crippen LogP contribution in [0.25, 0.3) is 0 Å². The summed E-state index contributed by atoms with van der Waals surface area (Å²) in [6.45, 7) is 4.89. The van der Waals surface area contributed by atoms with Gasteiger partial charge in [-0.1, -0.05) is 23.2 Å². The van der Waals surface area contributed by atoms with E-state index in [9.17, 15) is 9.59 Å². The maximum absolute atomic E-state index is 12.5. The van der Waals surface area contributed by atoms with Crippen LogP contribution >= 0.6 is 23.2 Å². The molecule has 0 bridgehead atoms. The maximum Gasteiger partial charge on any atom is 0.309 e. The molecule has 7 heteroatoms. The molecule has 0 saturated carbocycles. The Morgan fingerprint density at radius 1 is 1.29 bits per heavy atom. The first-order chi connectivity index (χ1) is 11.4. The number of hydrogen-bond acceptors (Lipinski definition) is 4. The van der Waals surface area contributed by atoms with Gasteiger partial charge in [0.15, 0.2) is 6.10 Å². The van der Waals surface area contributed by atoms with Crippen LogP contribution in [0.2, 0.25) is 10.0 Å². The topological polar surface area (TPSA) is 55.8 Å². The summed E-state index contributed by atoms with van der Waals surface area (Å²) in [6.07, 6.45) is 0.556. The molecule has 1 heterocycles. The lowest BCUT2D eigenvalue weighted by Crippen LogP contribution is -2.46. The van der Waals surface area contributed by atoms with E-state index >= 15 is 0 Å². The fourth-order valence-corrected chi connectivity index (χ4v) is 3.12. The number of carbonyl (C=O) groups excluding carboxylic acids is 2. The van der Waals surface area contributed by atoms with Gasteiger partial charge in [0.1, 0.15) is 5.75 Å². The molecule has 0 radical (unpaired) electrons. The van der Waals surface area contributed by atoms with E-state index in [1.54, 1.807) is 36.9 Å². The van der Waals surface area contributed by atoms with Gasteiger partial charge in [-0.05, 0) is 44.9 Å². The molecule has 132 valence electrons. The number of likely N-dealkylation sites (tertiary alicyclic amines) is 1. The monoisotopic (exact) mass is 373 g/mol. The summed E-state index contributed by atoms with van der Waals surface area (Å²) in [5, 5.41) is 0.871. The van der Waals surface area contributed by atoms with Gasteiger partial charge in [0.25, 0.3) is 5.91 Å². The first-order valence-corrected chi connectivity index (χ1v) is 8.75. The molecule has 0 unspecified atom stereocenters. The molecule has 0 N–H and O–H groups in total. The number of ether oxygens (including phenoxy) is 2. The number of nitrogens with zero attached hydrogens (tertiary/aromatic N) is 1. The lowest BCUT2D eigenvalue weighted by Gasteiger charge is -2.32. The van der Waals surface area contributed by atoms with Crippen molar-refractivity contribution >= 4 is 35.1 Å². The van der Waals surface area contributed by atoms with Crippen LogP contribution in [0, 0.1) is 5.92 Å². The van der Waals surface area contributed by atoms with E-state index in [4.69, 9.17) is 32.7 Å². The van der Waals surface area contributed by atoms with Gasteiger partial charge in [-0.15, -0.1) is 0 Å². The van der Waals surface area contributed by atoms with Crippen LogP contribution in [0.4, 0.5) is 0 Å². The number of halogens is 2. The van der Waals surface area contributed by atoms with E-state index in [0.717, 1.165) is 0 Å². The molecule has 1 aromatic rings. The summed E-state index contributed by atoms with van der Waals surface area (Å²) in [6, 6.07) is 4.87. The molecule has 0 aliphatic carbocycles. The quantitative estimate of drug-likeness (QED) is 0.740. The average Bonchev–Trinajstić information content (AvgIpc) is 2.57. The zero-order chi connectivity index (χ0) is 17.7. The normalized spacial score (nSPS) is 16.6. The Labute approximate surface area is 151 Å². The van der Waals surface area contributed by atoms with Crippen LogP contribution in [-0.4, -0.2) is 42.6 Å². The van der Waals surface area contributed by atoms with Crippen LogP contribution < -0.4 is 4.74 Å². The Balaban J connectivity index is 1.89. The molecule has 1 aliphatic rings. The van der Waals surface area contributed by atoms with Gasteiger partial charge in [-0.2, -0.15) is 0 Å². The minimum atomic E-state index is -0.664. The van der Waals surface area contributed by atoms with Crippen molar-refractivity contribution in [1.29, 1.82) is 0 Å². The number of carbonyl (C=O) groups is 2. The second-order valence-electron chi connectivity index (χ2n) is 5.69. The van der Waals surface area contributed by atoms with Crippen molar-refractivity contribution in [2.45, 2.75) is 32.8 Å². The summed E-state index contributed by atoms with van der Waals surface area (Å²) in [5.74, 6) is -0.00979. The number of esters is 1. The molecule has 2 rings (SSSR count). The number of amides is 1. The highest BCUT2D eigenvalue weighted by atomic mass is 35.5. The first kappa shape index (κ1) is 18.9. The largest absolute Gasteiger partial charge is 0.479 e. The van der Waals surface area contributed by atoms with Crippen LogP contribution in [0.1, 0.15) is 26.7 Å². The van der Waals surface area contributed by atoms with Gasteiger partial charge in [0, 0.05) is 18.1 Å². The van der Waals surface area contributed by atoms with Crippen LogP contribution in [0.15, 0.2) is 18.2 Å². The minimum absolute atomic E-state index is 0.122. The highest BCUT2D eigenvalue weighted by molar-refractivity contribution is 6.35. The SMILES string of the molecule is CCOC(=O)C1CCN(C(=O)[C@H](C)Oc2ccc(Cl)cc2Cl)CC1. The Morgan fingerprint density at radius 3 is 2.54 bits per heavy atom. The van der Waals surface area contributed by atoms with Crippen molar-refractivity contribution < 1.29 is 19.1 Å². The molecule has 1 aliphatic heterocycles. The lowest BCUT2D eigenvalue weighted by molar-refractivity contribution is -0.152. The van der Waals surface area contributed by atoms with Gasteiger partial charge >= 0.3 is 5.97 Å². The summed E-state index contributed by atoms with van der Waals surface area (Å²) in [7, 11) is 0. The zero-order valence-corrected chi connectivity index (χ0v) is 15.3. The van der Waals surface area contributed by atoms with E-state index in [2.05, 4.69) is 0 Å². The van der Waals surface area contributed by atoms with Crippen molar-refractivity contribution in [2.75, 3.05) is 19.7 Å². The Hall–Kier alpha value is -1.46. The fourth-order valence-electron chi connectivity index (χ4n) is 2.66. The van der Waals surface area contributed by atoms with E-state index in [1.807, 2.05) is 0 Å². The smallest absolute Gasteiger partial charge is 0.309 e. The second-order valence-corrected chi connectivity index (χ2v) is 6.53. The molecule has 24 heavy (non-hydrogen) atoms. The number of piperidine rings is 1. The number of hydrogen-bond donors (Lipinski definition) is 0. The van der Waals surface area contributed by atoms with Gasteiger partial charge in [0.05, 0.1) is 17.5 Å². The number of rotatable bonds is 5. The highest BCUT2D eigenvalue weighted by Gasteiger charge is 2.30. The third kappa shape index (κ3) is 4.77. The third-order valence-corrected chi connectivity index (χ3v) is 4.50. The molecule has 1 aromatic carbocycles. The fraction of sp³-hybridized carbons (Fsp3) is 0.529. The van der Waals surface area contributed by atoms with Gasteiger partial charge in [-0.25, -0.2) is 0 Å². The summed E-state index contributed by atoms with van der Waals surface area (Å²) >= 11 is 11.9. The van der Waals surface area contributed by atoms with Crippen molar-refractivity contribution in [2.24, 2.45) is 5.92 Å². The van der Waals surface area contributed by atoms with E-state index < -0.39 is 6.10 Å². The van der Waals surface area contributed by atoms with Gasteiger partial charge < -0.3 is 14.4 Å². The van der Waals surface area contributed by atoms with Crippen LogP contribution in [-0.2, 0) is 14.3 Å². The molecule has 5 nitrogen and oxygen atoms in total. The van der Waals surface area contributed by atoms with Crippen molar-refractivity contribution in [1.82, 2.24) is 4.90 Å². The van der Waals surface area contributed by atoms with Crippen LogP contribution in [0.3, 0.4) is 0 Å². The van der Waals surface area contributed by atoms with Crippen molar-refractivity contribution in [3.63, 3.8) is 0 Å². The predicted octanol–water partition coefficient (Wildman–Crippen LogP) is 3.56. The lowest BCUT2D eigenvalue weighted by atomic mass is 9.97. The molecule has 0 aromatic heterocycles. The highest BCUT2D eigenvalue weighted by Crippen LogP contribution is 2.29. The molecule has 1 saturated heterocycles. The first-order valence-electron chi connectivity index (χ1n) is 7.99. The predicted molar refractivity (Wildman–Crippen MR) is 92.5 cm³/mol. The third-order valence-electron chi connectivity index (χ3n) is 3.97. The van der Waals surface area contributed by atoms with E-state index in [-0.39, 0.29) is 17.8 Å². The second kappa shape index (κ2) is 8.58. The molecule has 1 fully saturated rings. The Morgan fingerprint density at radius 2 is 1.96 bits per heavy atom. The van der Waals surface area contributed by atoms with Gasteiger partial charge in [0.2, 0.25) is 0 Å². The van der Waals surface area contributed by atoms with E-state index in [0.29, 0.717) is 48.3 Å². The number of benzene rings is 1. The molecule has 1 amide bonds. The van der Waals surface area contributed by atoms with Gasteiger partial charge in [-0.3, -0.25) is 9.59 Å². The van der Waals surface area contributed by atoms with E-state index in [1.165, 1.54) is 0 Å².